The highest BCUT2D eigenvalue weighted by Gasteiger charge is 2.21. The van der Waals surface area contributed by atoms with Crippen LogP contribution in [0.4, 0.5) is 0 Å². The molecule has 0 amide bonds. The number of benzene rings is 1. The van der Waals surface area contributed by atoms with Crippen molar-refractivity contribution >= 4 is 6.29 Å². The second-order valence-corrected chi connectivity index (χ2v) is 3.52. The molecule has 0 saturated heterocycles. The molecule has 1 atom stereocenters. The number of phenolic OH excluding ortho intramolecular Hbond substituents is 1. The van der Waals surface area contributed by atoms with Crippen LogP contribution in [0.25, 0.3) is 0 Å². The Morgan fingerprint density at radius 2 is 2.38 bits per heavy atom. The molecule has 2 rings (SSSR count). The zero-order valence-corrected chi connectivity index (χ0v) is 7.36. The van der Waals surface area contributed by atoms with Crippen LogP contribution in [0.3, 0.4) is 0 Å². The number of rotatable bonds is 2. The van der Waals surface area contributed by atoms with E-state index >= 15 is 0 Å². The highest BCUT2D eigenvalue weighted by atomic mass is 16.3. The summed E-state index contributed by atoms with van der Waals surface area (Å²) in [7, 11) is 0. The zero-order chi connectivity index (χ0) is 9.26. The zero-order valence-electron chi connectivity index (χ0n) is 7.36. The summed E-state index contributed by atoms with van der Waals surface area (Å²) in [5, 5.41) is 9.29. The second-order valence-electron chi connectivity index (χ2n) is 3.52. The van der Waals surface area contributed by atoms with Crippen LogP contribution in [-0.4, -0.2) is 11.4 Å². The Hall–Kier alpha value is -1.31. The quantitative estimate of drug-likeness (QED) is 0.700. The van der Waals surface area contributed by atoms with Crippen molar-refractivity contribution in [3.05, 3.63) is 29.3 Å². The number of hydrogen-bond donors (Lipinski definition) is 1. The van der Waals surface area contributed by atoms with Gasteiger partial charge in [-0.3, -0.25) is 0 Å². The van der Waals surface area contributed by atoms with Gasteiger partial charge in [0.25, 0.3) is 0 Å². The molecular weight excluding hydrogens is 164 g/mol. The van der Waals surface area contributed by atoms with E-state index in [9.17, 15) is 9.90 Å². The van der Waals surface area contributed by atoms with Gasteiger partial charge >= 0.3 is 0 Å². The molecule has 2 nitrogen and oxygen atoms in total. The Kier molecular flexibility index (Phi) is 2.05. The van der Waals surface area contributed by atoms with Gasteiger partial charge in [0.1, 0.15) is 12.0 Å². The van der Waals surface area contributed by atoms with Crippen molar-refractivity contribution in [1.29, 1.82) is 0 Å². The van der Waals surface area contributed by atoms with E-state index in [-0.39, 0.29) is 0 Å². The molecule has 68 valence electrons. The SMILES string of the molecule is O=CCC1CCc2ccc(O)cc21. The van der Waals surface area contributed by atoms with E-state index in [0.717, 1.165) is 24.7 Å². The maximum absolute atomic E-state index is 10.4. The fourth-order valence-electron chi connectivity index (χ4n) is 2.04. The molecule has 1 N–H and O–H groups in total. The first-order chi connectivity index (χ1) is 6.31. The minimum absolute atomic E-state index is 0.302. The summed E-state index contributed by atoms with van der Waals surface area (Å²) in [4.78, 5) is 10.4. The fourth-order valence-corrected chi connectivity index (χ4v) is 2.04. The number of carbonyl (C=O) groups excluding carboxylic acids is 1. The molecule has 13 heavy (non-hydrogen) atoms. The number of aldehydes is 1. The third-order valence-corrected chi connectivity index (χ3v) is 2.71. The van der Waals surface area contributed by atoms with Crippen LogP contribution in [0, 0.1) is 0 Å². The second kappa shape index (κ2) is 3.21. The predicted molar refractivity (Wildman–Crippen MR) is 49.8 cm³/mol. The van der Waals surface area contributed by atoms with E-state index in [1.54, 1.807) is 12.1 Å². The smallest absolute Gasteiger partial charge is 0.120 e. The molecule has 0 aliphatic heterocycles. The largest absolute Gasteiger partial charge is 0.508 e. The van der Waals surface area contributed by atoms with Crippen molar-refractivity contribution in [2.45, 2.75) is 25.2 Å². The van der Waals surface area contributed by atoms with Crippen LogP contribution in [0.15, 0.2) is 18.2 Å². The van der Waals surface area contributed by atoms with Crippen LogP contribution >= 0.6 is 0 Å². The molecule has 1 aliphatic rings. The molecule has 0 bridgehead atoms. The normalized spacial score (nSPS) is 19.8. The molecule has 0 heterocycles. The minimum Gasteiger partial charge on any atom is -0.508 e. The highest BCUT2D eigenvalue weighted by Crippen LogP contribution is 2.36. The third kappa shape index (κ3) is 1.44. The van der Waals surface area contributed by atoms with Crippen LogP contribution in [-0.2, 0) is 11.2 Å². The summed E-state index contributed by atoms with van der Waals surface area (Å²) >= 11 is 0. The van der Waals surface area contributed by atoms with Crippen LogP contribution in [0.5, 0.6) is 5.75 Å². The van der Waals surface area contributed by atoms with Gasteiger partial charge in [0.05, 0.1) is 0 Å². The Bertz CT molecular complexity index is 331. The number of phenols is 1. The summed E-state index contributed by atoms with van der Waals surface area (Å²) in [5.74, 6) is 0.635. The lowest BCUT2D eigenvalue weighted by molar-refractivity contribution is -0.108. The molecule has 2 heteroatoms. The van der Waals surface area contributed by atoms with E-state index in [1.165, 1.54) is 5.56 Å². The van der Waals surface area contributed by atoms with Gasteiger partial charge in [0, 0.05) is 6.42 Å². The number of fused-ring (bicyclic) bond motifs is 1. The van der Waals surface area contributed by atoms with Crippen molar-refractivity contribution in [3.8, 4) is 5.75 Å². The van der Waals surface area contributed by atoms with E-state index in [1.807, 2.05) is 6.07 Å². The van der Waals surface area contributed by atoms with Gasteiger partial charge in [-0.25, -0.2) is 0 Å². The van der Waals surface area contributed by atoms with Crippen molar-refractivity contribution in [2.24, 2.45) is 0 Å². The van der Waals surface area contributed by atoms with Crippen LogP contribution < -0.4 is 0 Å². The molecule has 1 aromatic carbocycles. The summed E-state index contributed by atoms with van der Waals surface area (Å²) in [5.41, 5.74) is 2.44. The average Bonchev–Trinajstić information content (AvgIpc) is 2.49. The monoisotopic (exact) mass is 176 g/mol. The van der Waals surface area contributed by atoms with Crippen molar-refractivity contribution in [1.82, 2.24) is 0 Å². The molecule has 0 spiro atoms. The van der Waals surface area contributed by atoms with Crippen molar-refractivity contribution in [3.63, 3.8) is 0 Å². The molecule has 0 radical (unpaired) electrons. The van der Waals surface area contributed by atoms with E-state index < -0.39 is 0 Å². The average molecular weight is 176 g/mol. The topological polar surface area (TPSA) is 37.3 Å². The van der Waals surface area contributed by atoms with Gasteiger partial charge in [0.2, 0.25) is 0 Å². The van der Waals surface area contributed by atoms with Gasteiger partial charge in [-0.2, -0.15) is 0 Å². The first-order valence-electron chi connectivity index (χ1n) is 4.56. The molecule has 1 unspecified atom stereocenters. The Balaban J connectivity index is 2.34. The Labute approximate surface area is 77.2 Å². The number of aromatic hydroxyl groups is 1. The van der Waals surface area contributed by atoms with Gasteiger partial charge in [-0.15, -0.1) is 0 Å². The third-order valence-electron chi connectivity index (χ3n) is 2.71. The molecule has 0 fully saturated rings. The summed E-state index contributed by atoms with van der Waals surface area (Å²) in [6.07, 6.45) is 3.62. The highest BCUT2D eigenvalue weighted by molar-refractivity contribution is 5.53. The van der Waals surface area contributed by atoms with Crippen molar-refractivity contribution in [2.75, 3.05) is 0 Å². The maximum atomic E-state index is 10.4. The molecule has 1 aliphatic carbocycles. The molecular formula is C11H12O2. The van der Waals surface area contributed by atoms with E-state index in [4.69, 9.17) is 0 Å². The predicted octanol–water partition coefficient (Wildman–Crippen LogP) is 2.01. The molecule has 0 saturated carbocycles. The maximum Gasteiger partial charge on any atom is 0.120 e. The lowest BCUT2D eigenvalue weighted by Gasteiger charge is -2.06. The fraction of sp³-hybridized carbons (Fsp3) is 0.364. The Morgan fingerprint density at radius 3 is 3.15 bits per heavy atom. The number of aryl methyl sites for hydroxylation is 1. The Morgan fingerprint density at radius 1 is 1.54 bits per heavy atom. The minimum atomic E-state index is 0.302. The molecule has 0 aromatic heterocycles. The first-order valence-corrected chi connectivity index (χ1v) is 4.56. The van der Waals surface area contributed by atoms with Gasteiger partial charge in [-0.1, -0.05) is 6.07 Å². The van der Waals surface area contributed by atoms with E-state index in [2.05, 4.69) is 0 Å². The number of hydrogen-bond acceptors (Lipinski definition) is 2. The van der Waals surface area contributed by atoms with E-state index in [0.29, 0.717) is 18.1 Å². The van der Waals surface area contributed by atoms with Gasteiger partial charge < -0.3 is 9.90 Å². The van der Waals surface area contributed by atoms with Crippen LogP contribution in [0.2, 0.25) is 0 Å². The number of carbonyl (C=O) groups is 1. The summed E-state index contributed by atoms with van der Waals surface area (Å²) in [6, 6.07) is 5.45. The lowest BCUT2D eigenvalue weighted by atomic mass is 9.98. The van der Waals surface area contributed by atoms with Crippen LogP contribution in [0.1, 0.15) is 29.9 Å². The summed E-state index contributed by atoms with van der Waals surface area (Å²) in [6.45, 7) is 0. The lowest BCUT2D eigenvalue weighted by Crippen LogP contribution is -1.93. The standard InChI is InChI=1S/C11H12O2/c12-6-5-9-2-1-8-3-4-10(13)7-11(8)9/h3-4,6-7,9,13H,1-2,5H2. The first kappa shape index (κ1) is 8.30. The summed E-state index contributed by atoms with van der Waals surface area (Å²) < 4.78 is 0. The van der Waals surface area contributed by atoms with Gasteiger partial charge in [0.15, 0.2) is 0 Å². The van der Waals surface area contributed by atoms with Gasteiger partial charge in [-0.05, 0) is 42.0 Å². The molecule has 1 aromatic rings. The van der Waals surface area contributed by atoms with Crippen molar-refractivity contribution < 1.29 is 9.90 Å².